The van der Waals surface area contributed by atoms with Crippen molar-refractivity contribution in [3.8, 4) is 0 Å². The van der Waals surface area contributed by atoms with Crippen molar-refractivity contribution in [2.24, 2.45) is 11.7 Å². The van der Waals surface area contributed by atoms with Crippen LogP contribution in [0.4, 0.5) is 0 Å². The number of hydrogen-bond donors (Lipinski definition) is 2. The summed E-state index contributed by atoms with van der Waals surface area (Å²) in [6.45, 7) is 11.1. The lowest BCUT2D eigenvalue weighted by molar-refractivity contribution is -0.293. The molecule has 290 valence electrons. The lowest BCUT2D eigenvalue weighted by atomic mass is 9.84. The van der Waals surface area contributed by atoms with E-state index < -0.39 is 54.5 Å². The van der Waals surface area contributed by atoms with Crippen molar-refractivity contribution in [2.45, 2.75) is 194 Å². The maximum Gasteiger partial charge on any atom is 0.308 e. The van der Waals surface area contributed by atoms with E-state index in [1.54, 1.807) is 7.11 Å². The van der Waals surface area contributed by atoms with Gasteiger partial charge in [0.05, 0.1) is 61.4 Å². The largest absolute Gasteiger partial charge is 0.457 e. The standard InChI is InChI=1S/C39H57NO12/c1-18-11-22-5-7-25-19(2)12-24(44-25)9-10-39-16-30-35(51-39)36-37(49-30)38(52-39)33-26(48-36)8-6-23(46-33)14-31(42)50-34-29(15-27(45-22)20(18)3)47-28(32(34)43-4)13-21(41)17-40/h18,21-30,32-38,41H,2-3,5-17,40H2,1,4H3/t18-,21+,22+,23-,24+,25+,26+,27-,28-,29+,30-,32+,33+,34+,35?,36+,37-,38+,39+/m1/s1. The molecule has 10 heterocycles. The number of ether oxygens (including phenoxy) is 10. The summed E-state index contributed by atoms with van der Waals surface area (Å²) in [7, 11) is 1.58. The summed E-state index contributed by atoms with van der Waals surface area (Å²) < 4.78 is 65.8. The van der Waals surface area contributed by atoms with Crippen molar-refractivity contribution in [1.82, 2.24) is 0 Å². The van der Waals surface area contributed by atoms with Gasteiger partial charge in [0.2, 0.25) is 0 Å². The summed E-state index contributed by atoms with van der Waals surface area (Å²) in [6.07, 6.45) is 1.99. The van der Waals surface area contributed by atoms with E-state index in [4.69, 9.17) is 53.1 Å². The molecule has 0 amide bonds. The normalized spacial score (nSPS) is 52.2. The van der Waals surface area contributed by atoms with E-state index in [9.17, 15) is 9.90 Å². The van der Waals surface area contributed by atoms with Crippen LogP contribution in [-0.2, 0) is 52.2 Å². The van der Waals surface area contributed by atoms with Crippen LogP contribution in [0.3, 0.4) is 0 Å². The molecule has 0 aromatic carbocycles. The minimum Gasteiger partial charge on any atom is -0.457 e. The first kappa shape index (κ1) is 36.2. The minimum atomic E-state index is -0.805. The Bertz CT molecular complexity index is 1380. The van der Waals surface area contributed by atoms with Crippen molar-refractivity contribution in [3.63, 3.8) is 0 Å². The predicted molar refractivity (Wildman–Crippen MR) is 183 cm³/mol. The topological polar surface area (TPSA) is 156 Å². The Kier molecular flexibility index (Phi) is 9.89. The van der Waals surface area contributed by atoms with Gasteiger partial charge in [0.1, 0.15) is 42.7 Å². The number of fused-ring (bicyclic) bond motifs is 6. The van der Waals surface area contributed by atoms with E-state index in [2.05, 4.69) is 20.1 Å². The number of aliphatic hydroxyl groups is 1. The van der Waals surface area contributed by atoms with Crippen LogP contribution in [0.2, 0.25) is 0 Å². The zero-order valence-electron chi connectivity index (χ0n) is 30.5. The van der Waals surface area contributed by atoms with Crippen LogP contribution in [0.15, 0.2) is 24.3 Å². The second-order valence-electron chi connectivity index (χ2n) is 17.0. The maximum absolute atomic E-state index is 13.8. The quantitative estimate of drug-likeness (QED) is 0.322. The molecule has 10 aliphatic heterocycles. The number of nitrogens with two attached hydrogens (primary N) is 1. The molecule has 3 N–H and O–H groups in total. The van der Waals surface area contributed by atoms with Gasteiger partial charge in [-0.05, 0) is 62.0 Å². The number of carbonyl (C=O) groups is 1. The summed E-state index contributed by atoms with van der Waals surface area (Å²) in [5.41, 5.74) is 7.91. The number of esters is 1. The highest BCUT2D eigenvalue weighted by Crippen LogP contribution is 2.54. The number of aliphatic hydroxyl groups excluding tert-OH is 1. The highest BCUT2D eigenvalue weighted by molar-refractivity contribution is 5.70. The fourth-order valence-electron chi connectivity index (χ4n) is 10.8. The van der Waals surface area contributed by atoms with Gasteiger partial charge in [-0.3, -0.25) is 4.79 Å². The Balaban J connectivity index is 0.994. The van der Waals surface area contributed by atoms with Crippen LogP contribution in [0, 0.1) is 5.92 Å². The Morgan fingerprint density at radius 1 is 0.808 bits per heavy atom. The van der Waals surface area contributed by atoms with Crippen molar-refractivity contribution >= 4 is 5.97 Å². The van der Waals surface area contributed by atoms with Crippen LogP contribution >= 0.6 is 0 Å². The van der Waals surface area contributed by atoms with Crippen molar-refractivity contribution in [3.05, 3.63) is 24.3 Å². The van der Waals surface area contributed by atoms with Gasteiger partial charge in [0.15, 0.2) is 11.9 Å². The molecule has 19 atom stereocenters. The van der Waals surface area contributed by atoms with Crippen LogP contribution < -0.4 is 5.73 Å². The third kappa shape index (κ3) is 6.53. The molecule has 10 fully saturated rings. The predicted octanol–water partition coefficient (Wildman–Crippen LogP) is 2.77. The molecule has 13 nitrogen and oxygen atoms in total. The first-order valence-electron chi connectivity index (χ1n) is 19.9. The summed E-state index contributed by atoms with van der Waals surface area (Å²) >= 11 is 0. The number of carbonyl (C=O) groups excluding carboxylic acids is 1. The molecule has 13 heteroatoms. The van der Waals surface area contributed by atoms with Gasteiger partial charge in [-0.15, -0.1) is 0 Å². The van der Waals surface area contributed by atoms with Gasteiger partial charge in [0.25, 0.3) is 0 Å². The van der Waals surface area contributed by atoms with E-state index in [1.165, 1.54) is 0 Å². The summed E-state index contributed by atoms with van der Waals surface area (Å²) in [6, 6.07) is 0. The first-order valence-corrected chi connectivity index (χ1v) is 19.9. The molecule has 12 bridgehead atoms. The molecule has 10 rings (SSSR count). The minimum absolute atomic E-state index is 0.00433. The van der Waals surface area contributed by atoms with E-state index >= 15 is 0 Å². The third-order valence-electron chi connectivity index (χ3n) is 13.5. The van der Waals surface area contributed by atoms with Gasteiger partial charge in [-0.25, -0.2) is 0 Å². The van der Waals surface area contributed by atoms with Crippen LogP contribution in [0.1, 0.15) is 84.0 Å². The number of hydrogen-bond acceptors (Lipinski definition) is 13. The Labute approximate surface area is 306 Å². The van der Waals surface area contributed by atoms with E-state index in [0.717, 1.165) is 49.7 Å². The lowest BCUT2D eigenvalue weighted by Crippen LogP contribution is -2.61. The molecule has 1 unspecified atom stereocenters. The average molecular weight is 732 g/mol. The highest BCUT2D eigenvalue weighted by Gasteiger charge is 2.68. The van der Waals surface area contributed by atoms with Crippen LogP contribution in [0.5, 0.6) is 0 Å². The average Bonchev–Trinajstić information content (AvgIpc) is 3.79. The molecule has 52 heavy (non-hydrogen) atoms. The molecule has 0 aromatic rings. The number of rotatable bonds is 4. The highest BCUT2D eigenvalue weighted by atomic mass is 16.8. The third-order valence-corrected chi connectivity index (χ3v) is 13.5. The fraction of sp³-hybridized carbons (Fsp3) is 0.872. The van der Waals surface area contributed by atoms with Crippen molar-refractivity contribution in [2.75, 3.05) is 13.7 Å². The number of methoxy groups -OCH3 is 1. The fourth-order valence-corrected chi connectivity index (χ4v) is 10.8. The lowest BCUT2D eigenvalue weighted by Gasteiger charge is -2.47. The first-order chi connectivity index (χ1) is 25.1. The summed E-state index contributed by atoms with van der Waals surface area (Å²) in [4.78, 5) is 13.8. The molecular formula is C39H57NO12. The second-order valence-corrected chi connectivity index (χ2v) is 17.0. The molecule has 0 aliphatic carbocycles. The van der Waals surface area contributed by atoms with Gasteiger partial charge < -0.3 is 58.2 Å². The maximum atomic E-state index is 13.8. The van der Waals surface area contributed by atoms with Gasteiger partial charge in [-0.2, -0.15) is 0 Å². The SMILES string of the molecule is C=C1C[C@@H]2CC[C@@]34C[C@H]5O[C@H]6[C@@H](O3)[C@H]3O[C@H](CC[C@@H]3O[C@H]6C5O4)CC(=O)O[C@@H]3[C@@H](OC)[C@@H](C[C@H](O)CN)O[C@H]3C[C@H]3O[C@@H](CC[C@@H]1O2)C[C@@H](C)C3=C. The van der Waals surface area contributed by atoms with Crippen LogP contribution in [-0.4, -0.2) is 134 Å². The molecular weight excluding hydrogens is 674 g/mol. The smallest absolute Gasteiger partial charge is 0.308 e. The zero-order chi connectivity index (χ0) is 35.9. The van der Waals surface area contributed by atoms with Crippen molar-refractivity contribution < 1.29 is 57.3 Å². The monoisotopic (exact) mass is 731 g/mol. The van der Waals surface area contributed by atoms with Crippen LogP contribution in [0.25, 0.3) is 0 Å². The van der Waals surface area contributed by atoms with E-state index in [1.807, 2.05) is 0 Å². The molecule has 1 spiro atoms. The van der Waals surface area contributed by atoms with Gasteiger partial charge in [-0.1, -0.05) is 20.1 Å². The molecule has 0 radical (unpaired) electrons. The Morgan fingerprint density at radius 3 is 2.38 bits per heavy atom. The Hall–Kier alpha value is -1.49. The van der Waals surface area contributed by atoms with E-state index in [-0.39, 0.29) is 86.3 Å². The van der Waals surface area contributed by atoms with E-state index in [0.29, 0.717) is 25.7 Å². The summed E-state index contributed by atoms with van der Waals surface area (Å²) in [5.74, 6) is -0.960. The Morgan fingerprint density at radius 2 is 1.56 bits per heavy atom. The van der Waals surface area contributed by atoms with Crippen molar-refractivity contribution in [1.29, 1.82) is 0 Å². The molecule has 10 aliphatic rings. The van der Waals surface area contributed by atoms with Gasteiger partial charge >= 0.3 is 5.97 Å². The molecule has 10 saturated heterocycles. The summed E-state index contributed by atoms with van der Waals surface area (Å²) in [5, 5.41) is 10.5. The van der Waals surface area contributed by atoms with Gasteiger partial charge in [0, 0.05) is 39.3 Å². The molecule has 0 aromatic heterocycles. The second kappa shape index (κ2) is 14.2. The zero-order valence-corrected chi connectivity index (χ0v) is 30.5. The molecule has 0 saturated carbocycles.